The van der Waals surface area contributed by atoms with Crippen LogP contribution < -0.4 is 15.0 Å². The molecule has 10 nitrogen and oxygen atoms in total. The number of nitrogens with zero attached hydrogens (tertiary/aromatic N) is 3. The first-order valence-corrected chi connectivity index (χ1v) is 11.7. The van der Waals surface area contributed by atoms with Crippen molar-refractivity contribution in [2.75, 3.05) is 38.1 Å². The van der Waals surface area contributed by atoms with Crippen molar-refractivity contribution < 1.29 is 29.3 Å². The highest BCUT2D eigenvalue weighted by atomic mass is 16.5. The molecule has 0 radical (unpaired) electrons. The van der Waals surface area contributed by atoms with Crippen LogP contribution in [-0.2, 0) is 23.2 Å². The minimum absolute atomic E-state index is 0.0460. The molecule has 3 N–H and O–H groups in total. The standard InChI is InChI=1S/C21H30N4O2.C4H6O4/c1-16(2)27-20-8-6-5-7-18(20)25-13-11-24(12-14-25)15-17-9-10-19(23(17)4)21(26)22-3;5-3(6)1-2-4(7)8/h5-10,16H,11-15H2,1-4H3,(H,22,26);1-2H2,(H,5,6)(H,7,8). The lowest BCUT2D eigenvalue weighted by atomic mass is 10.2. The van der Waals surface area contributed by atoms with Crippen LogP contribution in [0.15, 0.2) is 36.4 Å². The van der Waals surface area contributed by atoms with Gasteiger partial charge in [0.15, 0.2) is 0 Å². The highest BCUT2D eigenvalue weighted by Crippen LogP contribution is 2.29. The summed E-state index contributed by atoms with van der Waals surface area (Å²) in [6.45, 7) is 8.86. The van der Waals surface area contributed by atoms with Gasteiger partial charge in [-0.25, -0.2) is 0 Å². The predicted octanol–water partition coefficient (Wildman–Crippen LogP) is 2.43. The number of piperazine rings is 1. The monoisotopic (exact) mass is 488 g/mol. The molecule has 0 atom stereocenters. The Kier molecular flexibility index (Phi) is 10.6. The van der Waals surface area contributed by atoms with E-state index in [-0.39, 0.29) is 24.9 Å². The maximum Gasteiger partial charge on any atom is 0.303 e. The van der Waals surface area contributed by atoms with Crippen LogP contribution >= 0.6 is 0 Å². The highest BCUT2D eigenvalue weighted by Gasteiger charge is 2.21. The van der Waals surface area contributed by atoms with Crippen LogP contribution in [0.2, 0.25) is 0 Å². The summed E-state index contributed by atoms with van der Waals surface area (Å²) >= 11 is 0. The molecule has 0 unspecified atom stereocenters. The lowest BCUT2D eigenvalue weighted by Gasteiger charge is -2.37. The molecule has 35 heavy (non-hydrogen) atoms. The number of para-hydroxylation sites is 2. The Bertz CT molecular complexity index is 982. The average Bonchev–Trinajstić information content (AvgIpc) is 3.18. The van der Waals surface area contributed by atoms with Crippen molar-refractivity contribution >= 4 is 23.5 Å². The zero-order valence-electron chi connectivity index (χ0n) is 20.9. The van der Waals surface area contributed by atoms with Gasteiger partial charge in [0.05, 0.1) is 24.6 Å². The molecule has 1 saturated heterocycles. The van der Waals surface area contributed by atoms with Gasteiger partial charge in [0.2, 0.25) is 0 Å². The van der Waals surface area contributed by atoms with Gasteiger partial charge in [-0.1, -0.05) is 12.1 Å². The lowest BCUT2D eigenvalue weighted by molar-refractivity contribution is -0.143. The van der Waals surface area contributed by atoms with E-state index in [4.69, 9.17) is 14.9 Å². The molecule has 0 spiro atoms. The Morgan fingerprint density at radius 3 is 2.11 bits per heavy atom. The molecule has 192 valence electrons. The summed E-state index contributed by atoms with van der Waals surface area (Å²) in [6, 6.07) is 12.2. The fraction of sp³-hybridized carbons (Fsp3) is 0.480. The van der Waals surface area contributed by atoms with Crippen LogP contribution in [0.5, 0.6) is 5.75 Å². The van der Waals surface area contributed by atoms with E-state index in [9.17, 15) is 14.4 Å². The molecule has 0 saturated carbocycles. The van der Waals surface area contributed by atoms with Crippen LogP contribution in [0.3, 0.4) is 0 Å². The quantitative estimate of drug-likeness (QED) is 0.492. The second-order valence-corrected chi connectivity index (χ2v) is 8.53. The third-order valence-corrected chi connectivity index (χ3v) is 5.56. The van der Waals surface area contributed by atoms with Gasteiger partial charge < -0.3 is 29.7 Å². The first-order valence-electron chi connectivity index (χ1n) is 11.7. The zero-order valence-corrected chi connectivity index (χ0v) is 20.9. The fourth-order valence-corrected chi connectivity index (χ4v) is 3.73. The number of amides is 1. The summed E-state index contributed by atoms with van der Waals surface area (Å²) < 4.78 is 7.96. The molecule has 1 aromatic carbocycles. The average molecular weight is 489 g/mol. The summed E-state index contributed by atoms with van der Waals surface area (Å²) in [7, 11) is 3.62. The number of hydrogen-bond acceptors (Lipinski definition) is 6. The SMILES string of the molecule is CNC(=O)c1ccc(CN2CCN(c3ccccc3OC(C)C)CC2)n1C.O=C(O)CCC(=O)O. The molecule has 1 aromatic heterocycles. The first kappa shape index (κ1) is 27.7. The predicted molar refractivity (Wildman–Crippen MR) is 133 cm³/mol. The fourth-order valence-electron chi connectivity index (χ4n) is 3.73. The number of rotatable bonds is 9. The van der Waals surface area contributed by atoms with E-state index in [0.29, 0.717) is 5.69 Å². The van der Waals surface area contributed by atoms with Crippen LogP contribution in [0, 0.1) is 0 Å². The van der Waals surface area contributed by atoms with Gasteiger partial charge in [0, 0.05) is 52.5 Å². The molecule has 0 bridgehead atoms. The molecule has 1 aliphatic heterocycles. The van der Waals surface area contributed by atoms with Crippen LogP contribution in [0.1, 0.15) is 42.9 Å². The number of carbonyl (C=O) groups excluding carboxylic acids is 1. The van der Waals surface area contributed by atoms with Crippen molar-refractivity contribution in [1.82, 2.24) is 14.8 Å². The second-order valence-electron chi connectivity index (χ2n) is 8.53. The summed E-state index contributed by atoms with van der Waals surface area (Å²) in [4.78, 5) is 36.0. The Morgan fingerprint density at radius 2 is 1.57 bits per heavy atom. The third-order valence-electron chi connectivity index (χ3n) is 5.56. The van der Waals surface area contributed by atoms with Gasteiger partial charge in [-0.2, -0.15) is 0 Å². The minimum Gasteiger partial charge on any atom is -0.489 e. The molecular formula is C25H36N4O6. The van der Waals surface area contributed by atoms with Crippen molar-refractivity contribution in [1.29, 1.82) is 0 Å². The molecule has 1 amide bonds. The van der Waals surface area contributed by atoms with Crippen molar-refractivity contribution in [3.05, 3.63) is 47.8 Å². The Hall–Kier alpha value is -3.53. The number of nitrogens with one attached hydrogen (secondary N) is 1. The van der Waals surface area contributed by atoms with Crippen LogP contribution in [0.25, 0.3) is 0 Å². The number of carboxylic acid groups (broad SMARTS) is 2. The van der Waals surface area contributed by atoms with Gasteiger partial charge in [-0.3, -0.25) is 19.3 Å². The van der Waals surface area contributed by atoms with E-state index < -0.39 is 11.9 Å². The third kappa shape index (κ3) is 8.64. The van der Waals surface area contributed by atoms with E-state index in [2.05, 4.69) is 41.1 Å². The van der Waals surface area contributed by atoms with E-state index in [1.807, 2.05) is 35.9 Å². The van der Waals surface area contributed by atoms with Crippen molar-refractivity contribution in [3.8, 4) is 5.75 Å². The van der Waals surface area contributed by atoms with Gasteiger partial charge in [-0.15, -0.1) is 0 Å². The van der Waals surface area contributed by atoms with Crippen molar-refractivity contribution in [2.45, 2.75) is 39.3 Å². The number of carboxylic acids is 2. The molecule has 2 aromatic rings. The number of carbonyl (C=O) groups is 3. The van der Waals surface area contributed by atoms with Gasteiger partial charge in [0.25, 0.3) is 5.91 Å². The zero-order chi connectivity index (χ0) is 26.0. The van der Waals surface area contributed by atoms with Crippen LogP contribution in [-0.4, -0.2) is 76.9 Å². The number of ether oxygens (including phenoxy) is 1. The Labute approximate surface area is 206 Å². The number of aliphatic carboxylic acids is 2. The molecule has 1 aliphatic rings. The Morgan fingerprint density at radius 1 is 0.971 bits per heavy atom. The summed E-state index contributed by atoms with van der Waals surface area (Å²) in [5.41, 5.74) is 3.03. The maximum atomic E-state index is 11.9. The van der Waals surface area contributed by atoms with Gasteiger partial charge >= 0.3 is 11.9 Å². The molecular weight excluding hydrogens is 452 g/mol. The second kappa shape index (κ2) is 13.4. The van der Waals surface area contributed by atoms with Crippen LogP contribution in [0.4, 0.5) is 5.69 Å². The largest absolute Gasteiger partial charge is 0.489 e. The smallest absolute Gasteiger partial charge is 0.303 e. The first-order chi connectivity index (χ1) is 16.6. The van der Waals surface area contributed by atoms with E-state index >= 15 is 0 Å². The van der Waals surface area contributed by atoms with Gasteiger partial charge in [-0.05, 0) is 38.1 Å². The number of aromatic nitrogens is 1. The highest BCUT2D eigenvalue weighted by molar-refractivity contribution is 5.92. The topological polar surface area (TPSA) is 124 Å². The van der Waals surface area contributed by atoms with E-state index in [1.54, 1.807) is 7.05 Å². The Balaban J connectivity index is 0.000000466. The van der Waals surface area contributed by atoms with Crippen molar-refractivity contribution in [3.63, 3.8) is 0 Å². The maximum absolute atomic E-state index is 11.9. The summed E-state index contributed by atoms with van der Waals surface area (Å²) in [5.74, 6) is -1.24. The molecule has 10 heteroatoms. The normalized spacial score (nSPS) is 13.7. The molecule has 2 heterocycles. The lowest BCUT2D eigenvalue weighted by Crippen LogP contribution is -2.46. The summed E-state index contributed by atoms with van der Waals surface area (Å²) in [6.07, 6.45) is -0.427. The van der Waals surface area contributed by atoms with E-state index in [1.165, 1.54) is 5.69 Å². The number of hydrogen-bond donors (Lipinski definition) is 3. The minimum atomic E-state index is -1.08. The van der Waals surface area contributed by atoms with Gasteiger partial charge in [0.1, 0.15) is 11.4 Å². The number of anilines is 1. The molecule has 1 fully saturated rings. The summed E-state index contributed by atoms with van der Waals surface area (Å²) in [5, 5.41) is 18.5. The molecule has 3 rings (SSSR count). The van der Waals surface area contributed by atoms with Crippen molar-refractivity contribution in [2.24, 2.45) is 7.05 Å². The molecule has 0 aliphatic carbocycles. The van der Waals surface area contributed by atoms with E-state index in [0.717, 1.165) is 44.2 Å². The number of benzene rings is 1.